The molecule has 0 fully saturated rings. The molecule has 2 aromatic rings. The van der Waals surface area contributed by atoms with Gasteiger partial charge in [-0.05, 0) is 6.07 Å². The van der Waals surface area contributed by atoms with Gasteiger partial charge in [-0.15, -0.1) is 0 Å². The zero-order valence-electron chi connectivity index (χ0n) is 7.07. The van der Waals surface area contributed by atoms with E-state index in [-0.39, 0.29) is 5.15 Å². The summed E-state index contributed by atoms with van der Waals surface area (Å²) < 4.78 is 0. The number of aromatic amines is 1. The van der Waals surface area contributed by atoms with Crippen molar-refractivity contribution in [3.8, 4) is 11.1 Å². The quantitative estimate of drug-likeness (QED) is 0.721. The first-order valence-electron chi connectivity index (χ1n) is 3.92. The van der Waals surface area contributed by atoms with Crippen LogP contribution in [0, 0.1) is 0 Å². The van der Waals surface area contributed by atoms with Crippen LogP contribution in [0.1, 0.15) is 0 Å². The fourth-order valence-corrected chi connectivity index (χ4v) is 1.34. The molecule has 0 unspecified atom stereocenters. The molecule has 0 spiro atoms. The first-order valence-corrected chi connectivity index (χ1v) is 4.30. The van der Waals surface area contributed by atoms with Gasteiger partial charge in [-0.1, -0.05) is 17.7 Å². The second-order valence-corrected chi connectivity index (χ2v) is 3.04. The Morgan fingerprint density at radius 2 is 2.21 bits per heavy atom. The number of nitrogens with one attached hydrogen (secondary N) is 1. The Labute approximate surface area is 84.6 Å². The summed E-state index contributed by atoms with van der Waals surface area (Å²) in [6.07, 6.45) is 4.75. The molecule has 0 saturated heterocycles. The molecule has 0 amide bonds. The highest BCUT2D eigenvalue weighted by atomic mass is 35.5. The normalized spacial score (nSPS) is 10.1. The molecule has 0 radical (unpaired) electrons. The van der Waals surface area contributed by atoms with Gasteiger partial charge in [-0.25, -0.2) is 9.78 Å². The molecular formula is C9H6ClN3O. The molecule has 0 aliphatic carbocycles. The van der Waals surface area contributed by atoms with Crippen molar-refractivity contribution in [2.75, 3.05) is 0 Å². The smallest absolute Gasteiger partial charge is 0.296 e. The number of rotatable bonds is 1. The minimum Gasteiger partial charge on any atom is -0.296 e. The van der Waals surface area contributed by atoms with Crippen LogP contribution in [0.3, 0.4) is 0 Å². The highest BCUT2D eigenvalue weighted by molar-refractivity contribution is 6.32. The molecule has 0 aliphatic heterocycles. The van der Waals surface area contributed by atoms with Crippen molar-refractivity contribution in [3.05, 3.63) is 46.4 Å². The van der Waals surface area contributed by atoms with Crippen LogP contribution < -0.4 is 5.69 Å². The van der Waals surface area contributed by atoms with Crippen molar-refractivity contribution in [1.82, 2.24) is 15.0 Å². The van der Waals surface area contributed by atoms with Gasteiger partial charge >= 0.3 is 5.69 Å². The van der Waals surface area contributed by atoms with Crippen LogP contribution in [0.4, 0.5) is 0 Å². The lowest BCUT2D eigenvalue weighted by Gasteiger charge is -2.00. The van der Waals surface area contributed by atoms with Gasteiger partial charge in [-0.3, -0.25) is 9.97 Å². The third-order valence-corrected chi connectivity index (χ3v) is 2.03. The number of pyridine rings is 1. The largest absolute Gasteiger partial charge is 0.346 e. The molecule has 0 aliphatic rings. The molecule has 2 rings (SSSR count). The van der Waals surface area contributed by atoms with Crippen molar-refractivity contribution < 1.29 is 0 Å². The van der Waals surface area contributed by atoms with E-state index in [0.29, 0.717) is 5.56 Å². The second kappa shape index (κ2) is 3.59. The predicted molar refractivity (Wildman–Crippen MR) is 53.1 cm³/mol. The minimum atomic E-state index is -0.456. The van der Waals surface area contributed by atoms with Gasteiger partial charge in [0.05, 0.1) is 0 Å². The summed E-state index contributed by atoms with van der Waals surface area (Å²) in [5.41, 5.74) is 1.03. The van der Waals surface area contributed by atoms with Crippen molar-refractivity contribution in [1.29, 1.82) is 0 Å². The van der Waals surface area contributed by atoms with Crippen molar-refractivity contribution in [2.45, 2.75) is 0 Å². The number of H-pyrrole nitrogens is 1. The summed E-state index contributed by atoms with van der Waals surface area (Å²) in [5.74, 6) is 0. The Hall–Kier alpha value is -1.68. The van der Waals surface area contributed by atoms with E-state index in [1.807, 2.05) is 6.07 Å². The monoisotopic (exact) mass is 207 g/mol. The number of hydrogen-bond donors (Lipinski definition) is 1. The van der Waals surface area contributed by atoms with Gasteiger partial charge in [0.15, 0.2) is 0 Å². The molecule has 1 N–H and O–H groups in total. The molecule has 4 nitrogen and oxygen atoms in total. The molecule has 0 atom stereocenters. The Morgan fingerprint density at radius 1 is 1.36 bits per heavy atom. The van der Waals surface area contributed by atoms with Gasteiger partial charge in [0.2, 0.25) is 0 Å². The molecule has 70 valence electrons. The van der Waals surface area contributed by atoms with Gasteiger partial charge < -0.3 is 0 Å². The Bertz CT molecular complexity index is 495. The molecule has 2 aromatic heterocycles. The zero-order valence-corrected chi connectivity index (χ0v) is 7.82. The van der Waals surface area contributed by atoms with E-state index in [1.165, 1.54) is 6.20 Å². The summed E-state index contributed by atoms with van der Waals surface area (Å²) in [6, 6.07) is 3.63. The van der Waals surface area contributed by atoms with E-state index in [2.05, 4.69) is 15.0 Å². The maximum Gasteiger partial charge on any atom is 0.346 e. The van der Waals surface area contributed by atoms with Crippen LogP contribution in [-0.4, -0.2) is 15.0 Å². The van der Waals surface area contributed by atoms with Crippen LogP contribution in [0.15, 0.2) is 35.5 Å². The summed E-state index contributed by atoms with van der Waals surface area (Å²) >= 11 is 5.84. The van der Waals surface area contributed by atoms with Crippen LogP contribution in [0.25, 0.3) is 11.1 Å². The van der Waals surface area contributed by atoms with Crippen LogP contribution in [0.5, 0.6) is 0 Å². The number of halogens is 1. The van der Waals surface area contributed by atoms with E-state index in [0.717, 1.165) is 5.56 Å². The fourth-order valence-electron chi connectivity index (χ4n) is 1.10. The molecule has 2 heterocycles. The molecule has 14 heavy (non-hydrogen) atoms. The third kappa shape index (κ3) is 1.65. The molecule has 0 bridgehead atoms. The van der Waals surface area contributed by atoms with Crippen LogP contribution >= 0.6 is 11.6 Å². The lowest BCUT2D eigenvalue weighted by molar-refractivity contribution is 1.08. The highest BCUT2D eigenvalue weighted by Gasteiger charge is 2.03. The van der Waals surface area contributed by atoms with Gasteiger partial charge in [-0.2, -0.15) is 0 Å². The lowest BCUT2D eigenvalue weighted by Crippen LogP contribution is -2.09. The van der Waals surface area contributed by atoms with Crippen LogP contribution in [0.2, 0.25) is 5.15 Å². The van der Waals surface area contributed by atoms with Gasteiger partial charge in [0, 0.05) is 29.7 Å². The minimum absolute atomic E-state index is 0.276. The number of hydrogen-bond acceptors (Lipinski definition) is 3. The number of nitrogens with zero attached hydrogens (tertiary/aromatic N) is 2. The van der Waals surface area contributed by atoms with E-state index in [9.17, 15) is 4.79 Å². The maximum atomic E-state index is 10.8. The Balaban J connectivity index is 2.58. The van der Waals surface area contributed by atoms with E-state index in [4.69, 9.17) is 11.6 Å². The highest BCUT2D eigenvalue weighted by Crippen LogP contribution is 2.22. The SMILES string of the molecule is O=c1ncc(-c2cccnc2)c(Cl)[nH]1. The molecule has 0 saturated carbocycles. The summed E-state index contributed by atoms with van der Waals surface area (Å²) in [4.78, 5) is 20.8. The van der Waals surface area contributed by atoms with Crippen LogP contribution in [-0.2, 0) is 0 Å². The summed E-state index contributed by atoms with van der Waals surface area (Å²) in [6.45, 7) is 0. The lowest BCUT2D eigenvalue weighted by atomic mass is 10.2. The summed E-state index contributed by atoms with van der Waals surface area (Å²) in [5, 5.41) is 0.276. The summed E-state index contributed by atoms with van der Waals surface area (Å²) in [7, 11) is 0. The third-order valence-electron chi connectivity index (χ3n) is 1.74. The van der Waals surface area contributed by atoms with Crippen molar-refractivity contribution >= 4 is 11.6 Å². The topological polar surface area (TPSA) is 58.6 Å². The first-order chi connectivity index (χ1) is 6.77. The van der Waals surface area contributed by atoms with Crippen molar-refractivity contribution in [2.24, 2.45) is 0 Å². The Kier molecular flexibility index (Phi) is 2.28. The molecular weight excluding hydrogens is 202 g/mol. The van der Waals surface area contributed by atoms with Gasteiger partial charge in [0.1, 0.15) is 5.15 Å². The second-order valence-electron chi connectivity index (χ2n) is 2.66. The predicted octanol–water partition coefficient (Wildman–Crippen LogP) is 1.49. The van der Waals surface area contributed by atoms with Crippen molar-refractivity contribution in [3.63, 3.8) is 0 Å². The zero-order chi connectivity index (χ0) is 9.97. The fraction of sp³-hybridized carbons (Fsp3) is 0. The van der Waals surface area contributed by atoms with Gasteiger partial charge in [0.25, 0.3) is 0 Å². The Morgan fingerprint density at radius 3 is 2.86 bits per heavy atom. The number of aromatic nitrogens is 3. The van der Waals surface area contributed by atoms with E-state index < -0.39 is 5.69 Å². The standard InChI is InChI=1S/C9H6ClN3O/c10-8-7(5-12-9(14)13-8)6-2-1-3-11-4-6/h1-5H,(H,12,13,14). The average molecular weight is 208 g/mol. The van der Waals surface area contributed by atoms with E-state index >= 15 is 0 Å². The average Bonchev–Trinajstić information content (AvgIpc) is 2.19. The van der Waals surface area contributed by atoms with E-state index in [1.54, 1.807) is 18.5 Å². The maximum absolute atomic E-state index is 10.8. The molecule has 5 heteroatoms. The molecule has 0 aromatic carbocycles. The first kappa shape index (κ1) is 8.90.